The summed E-state index contributed by atoms with van der Waals surface area (Å²) in [7, 11) is 0. The van der Waals surface area contributed by atoms with Crippen molar-refractivity contribution in [3.63, 3.8) is 0 Å². The van der Waals surface area contributed by atoms with Crippen molar-refractivity contribution in [2.45, 2.75) is 26.7 Å². The smallest absolute Gasteiger partial charge is 0.303 e. The van der Waals surface area contributed by atoms with Gasteiger partial charge in [0.05, 0.1) is 23.4 Å². The number of carboxylic acids is 1. The second-order valence-corrected chi connectivity index (χ2v) is 6.31. The number of anilines is 2. The molecule has 0 aliphatic carbocycles. The highest BCUT2D eigenvalue weighted by atomic mass is 32.1. The first kappa shape index (κ1) is 17.6. The van der Waals surface area contributed by atoms with Gasteiger partial charge in [-0.3, -0.25) is 19.7 Å². The number of aryl methyl sites for hydroxylation is 2. The third-order valence-electron chi connectivity index (χ3n) is 3.26. The van der Waals surface area contributed by atoms with Gasteiger partial charge in [0.15, 0.2) is 5.13 Å². The molecule has 1 heterocycles. The lowest BCUT2D eigenvalue weighted by Gasteiger charge is -2.10. The molecule has 0 aliphatic heterocycles. The molecule has 0 saturated heterocycles. The van der Waals surface area contributed by atoms with E-state index < -0.39 is 17.8 Å². The minimum absolute atomic E-state index is 0.157. The van der Waals surface area contributed by atoms with Crippen LogP contribution in [0.2, 0.25) is 0 Å². The molecule has 0 saturated carbocycles. The normalized spacial score (nSPS) is 10.2. The van der Waals surface area contributed by atoms with Crippen LogP contribution in [0.4, 0.5) is 10.8 Å². The topological polar surface area (TPSA) is 108 Å². The van der Waals surface area contributed by atoms with Gasteiger partial charge in [-0.2, -0.15) is 0 Å². The molecule has 0 spiro atoms. The van der Waals surface area contributed by atoms with E-state index in [0.29, 0.717) is 10.8 Å². The van der Waals surface area contributed by atoms with E-state index in [2.05, 4.69) is 15.6 Å². The maximum atomic E-state index is 12.4. The number of aliphatic carboxylic acids is 1. The van der Waals surface area contributed by atoms with Gasteiger partial charge >= 0.3 is 5.97 Å². The number of aromatic nitrogens is 1. The van der Waals surface area contributed by atoms with Gasteiger partial charge in [0, 0.05) is 11.3 Å². The number of amides is 2. The number of benzene rings is 1. The Balaban J connectivity index is 2.11. The van der Waals surface area contributed by atoms with Crippen LogP contribution in [0, 0.1) is 13.8 Å². The minimum Gasteiger partial charge on any atom is -0.481 e. The van der Waals surface area contributed by atoms with Crippen LogP contribution in [-0.2, 0) is 9.59 Å². The Labute approximate surface area is 142 Å². The summed E-state index contributed by atoms with van der Waals surface area (Å²) in [6.45, 7) is 3.78. The summed E-state index contributed by atoms with van der Waals surface area (Å²) in [6.07, 6.45) is -0.423. The second kappa shape index (κ2) is 7.69. The standard InChI is InChI=1S/C16H17N3O4S/c1-9-10(2)24-16(17-9)19-15(23)11-5-3-4-6-12(11)18-13(20)7-8-14(21)22/h3-6H,7-8H2,1-2H3,(H,18,20)(H,21,22)(H,17,19,23). The summed E-state index contributed by atoms with van der Waals surface area (Å²) in [5, 5.41) is 14.4. The number of hydrogen-bond acceptors (Lipinski definition) is 5. The quantitative estimate of drug-likeness (QED) is 0.744. The first-order valence-corrected chi connectivity index (χ1v) is 8.04. The minimum atomic E-state index is -1.05. The van der Waals surface area contributed by atoms with Crippen LogP contribution in [-0.4, -0.2) is 27.9 Å². The van der Waals surface area contributed by atoms with Crippen LogP contribution in [0.3, 0.4) is 0 Å². The van der Waals surface area contributed by atoms with Crippen LogP contribution >= 0.6 is 11.3 Å². The molecule has 0 bridgehead atoms. The highest BCUT2D eigenvalue weighted by Crippen LogP contribution is 2.23. The summed E-state index contributed by atoms with van der Waals surface area (Å²) in [6, 6.07) is 6.53. The van der Waals surface area contributed by atoms with Crippen molar-refractivity contribution >= 4 is 39.9 Å². The monoisotopic (exact) mass is 347 g/mol. The van der Waals surface area contributed by atoms with Crippen molar-refractivity contribution in [3.05, 3.63) is 40.4 Å². The van der Waals surface area contributed by atoms with Gasteiger partial charge in [0.25, 0.3) is 5.91 Å². The number of hydrogen-bond donors (Lipinski definition) is 3. The Hall–Kier alpha value is -2.74. The van der Waals surface area contributed by atoms with E-state index in [4.69, 9.17) is 5.11 Å². The summed E-state index contributed by atoms with van der Waals surface area (Å²) in [4.78, 5) is 40.0. The number of para-hydroxylation sites is 1. The van der Waals surface area contributed by atoms with Gasteiger partial charge in [0.1, 0.15) is 0 Å². The molecular formula is C16H17N3O4S. The van der Waals surface area contributed by atoms with E-state index in [1.54, 1.807) is 24.3 Å². The summed E-state index contributed by atoms with van der Waals surface area (Å²) in [5.74, 6) is -1.90. The van der Waals surface area contributed by atoms with E-state index in [0.717, 1.165) is 10.6 Å². The first-order chi connectivity index (χ1) is 11.4. The molecule has 1 aromatic heterocycles. The number of rotatable bonds is 6. The lowest BCUT2D eigenvalue weighted by molar-refractivity contribution is -0.138. The van der Waals surface area contributed by atoms with Crippen LogP contribution in [0.25, 0.3) is 0 Å². The Bertz CT molecular complexity index is 766. The highest BCUT2D eigenvalue weighted by molar-refractivity contribution is 7.15. The van der Waals surface area contributed by atoms with Crippen molar-refractivity contribution in [3.8, 4) is 0 Å². The molecule has 0 atom stereocenters. The molecular weight excluding hydrogens is 330 g/mol. The number of nitrogens with zero attached hydrogens (tertiary/aromatic N) is 1. The molecule has 8 heteroatoms. The van der Waals surface area contributed by atoms with Gasteiger partial charge in [-0.15, -0.1) is 11.3 Å². The Morgan fingerprint density at radius 2 is 1.83 bits per heavy atom. The zero-order valence-corrected chi connectivity index (χ0v) is 14.1. The van der Waals surface area contributed by atoms with Crippen molar-refractivity contribution in [1.82, 2.24) is 4.98 Å². The molecule has 24 heavy (non-hydrogen) atoms. The Kier molecular flexibility index (Phi) is 5.64. The van der Waals surface area contributed by atoms with E-state index in [1.807, 2.05) is 13.8 Å². The molecule has 2 rings (SSSR count). The largest absolute Gasteiger partial charge is 0.481 e. The number of carbonyl (C=O) groups is 3. The van der Waals surface area contributed by atoms with Gasteiger partial charge in [-0.05, 0) is 26.0 Å². The van der Waals surface area contributed by atoms with Crippen LogP contribution in [0.5, 0.6) is 0 Å². The van der Waals surface area contributed by atoms with E-state index >= 15 is 0 Å². The average molecular weight is 347 g/mol. The number of carbonyl (C=O) groups excluding carboxylic acids is 2. The van der Waals surface area contributed by atoms with Gasteiger partial charge in [-0.25, -0.2) is 4.98 Å². The Morgan fingerprint density at radius 3 is 2.46 bits per heavy atom. The molecule has 3 N–H and O–H groups in total. The number of carboxylic acid groups (broad SMARTS) is 1. The lowest BCUT2D eigenvalue weighted by atomic mass is 10.1. The molecule has 0 fully saturated rings. The molecule has 0 radical (unpaired) electrons. The molecule has 0 aliphatic rings. The number of thiazole rings is 1. The summed E-state index contributed by atoms with van der Waals surface area (Å²) in [5.41, 5.74) is 1.47. The Morgan fingerprint density at radius 1 is 1.12 bits per heavy atom. The molecule has 7 nitrogen and oxygen atoms in total. The highest BCUT2D eigenvalue weighted by Gasteiger charge is 2.15. The molecule has 126 valence electrons. The fourth-order valence-corrected chi connectivity index (χ4v) is 2.72. The number of nitrogens with one attached hydrogen (secondary N) is 2. The van der Waals surface area contributed by atoms with Gasteiger partial charge in [-0.1, -0.05) is 12.1 Å². The maximum Gasteiger partial charge on any atom is 0.303 e. The summed E-state index contributed by atoms with van der Waals surface area (Å²) >= 11 is 1.37. The third kappa shape index (κ3) is 4.63. The third-order valence-corrected chi connectivity index (χ3v) is 4.25. The maximum absolute atomic E-state index is 12.4. The van der Waals surface area contributed by atoms with Gasteiger partial charge < -0.3 is 10.4 Å². The van der Waals surface area contributed by atoms with E-state index in [9.17, 15) is 14.4 Å². The predicted molar refractivity (Wildman–Crippen MR) is 91.5 cm³/mol. The lowest BCUT2D eigenvalue weighted by Crippen LogP contribution is -2.18. The van der Waals surface area contributed by atoms with Gasteiger partial charge in [0.2, 0.25) is 5.91 Å². The molecule has 1 aromatic carbocycles. The van der Waals surface area contributed by atoms with Crippen molar-refractivity contribution < 1.29 is 19.5 Å². The summed E-state index contributed by atoms with van der Waals surface area (Å²) < 4.78 is 0. The van der Waals surface area contributed by atoms with Crippen molar-refractivity contribution in [1.29, 1.82) is 0 Å². The van der Waals surface area contributed by atoms with Crippen molar-refractivity contribution in [2.75, 3.05) is 10.6 Å². The van der Waals surface area contributed by atoms with Crippen LogP contribution in [0.1, 0.15) is 33.8 Å². The molecule has 0 unspecified atom stereocenters. The second-order valence-electron chi connectivity index (χ2n) is 5.10. The van der Waals surface area contributed by atoms with Crippen molar-refractivity contribution in [2.24, 2.45) is 0 Å². The SMILES string of the molecule is Cc1nc(NC(=O)c2ccccc2NC(=O)CCC(=O)O)sc1C. The zero-order valence-electron chi connectivity index (χ0n) is 13.3. The zero-order chi connectivity index (χ0) is 17.7. The fourth-order valence-electron chi connectivity index (χ4n) is 1.91. The van der Waals surface area contributed by atoms with Crippen LogP contribution < -0.4 is 10.6 Å². The van der Waals surface area contributed by atoms with E-state index in [1.165, 1.54) is 11.3 Å². The fraction of sp³-hybridized carbons (Fsp3) is 0.250. The average Bonchev–Trinajstić information content (AvgIpc) is 2.83. The van der Waals surface area contributed by atoms with E-state index in [-0.39, 0.29) is 18.4 Å². The predicted octanol–water partition coefficient (Wildman–Crippen LogP) is 2.82. The van der Waals surface area contributed by atoms with Crippen LogP contribution in [0.15, 0.2) is 24.3 Å². The first-order valence-electron chi connectivity index (χ1n) is 7.23. The molecule has 2 aromatic rings. The molecule has 2 amide bonds.